The van der Waals surface area contributed by atoms with E-state index in [0.29, 0.717) is 17.3 Å². The van der Waals surface area contributed by atoms with Gasteiger partial charge in [-0.2, -0.15) is 0 Å². The van der Waals surface area contributed by atoms with Crippen LogP contribution in [0.3, 0.4) is 0 Å². The van der Waals surface area contributed by atoms with Crippen LogP contribution in [0.5, 0.6) is 0 Å². The van der Waals surface area contributed by atoms with Crippen LogP contribution in [-0.4, -0.2) is 29.7 Å². The normalized spacial score (nSPS) is 13.3. The van der Waals surface area contributed by atoms with E-state index in [1.54, 1.807) is 39.8 Å². The van der Waals surface area contributed by atoms with Crippen LogP contribution in [0, 0.1) is 6.92 Å². The van der Waals surface area contributed by atoms with Crippen molar-refractivity contribution in [1.29, 1.82) is 0 Å². The molecule has 2 N–H and O–H groups in total. The molecule has 6 nitrogen and oxygen atoms in total. The molecule has 2 aromatic rings. The fourth-order valence-electron chi connectivity index (χ4n) is 2.67. The predicted molar refractivity (Wildman–Crippen MR) is 119 cm³/mol. The molecule has 2 atom stereocenters. The first-order valence-electron chi connectivity index (χ1n) is 9.77. The van der Waals surface area contributed by atoms with Gasteiger partial charge in [0, 0.05) is 10.7 Å². The Labute approximate surface area is 182 Å². The number of hydrogen-bond acceptors (Lipinski definition) is 4. The zero-order valence-corrected chi connectivity index (χ0v) is 18.7. The largest absolute Gasteiger partial charge is 0.444 e. The van der Waals surface area contributed by atoms with Gasteiger partial charge in [-0.15, -0.1) is 0 Å². The van der Waals surface area contributed by atoms with Crippen molar-refractivity contribution in [3.63, 3.8) is 0 Å². The lowest BCUT2D eigenvalue weighted by Crippen LogP contribution is -2.52. The van der Waals surface area contributed by atoms with E-state index in [0.717, 1.165) is 11.1 Å². The van der Waals surface area contributed by atoms with E-state index in [-0.39, 0.29) is 0 Å². The number of halogens is 1. The highest BCUT2D eigenvalue weighted by Gasteiger charge is 2.30. The fourth-order valence-corrected chi connectivity index (χ4v) is 2.84. The van der Waals surface area contributed by atoms with Gasteiger partial charge in [0.1, 0.15) is 11.6 Å². The summed E-state index contributed by atoms with van der Waals surface area (Å²) in [6, 6.07) is 13.8. The van der Waals surface area contributed by atoms with Crippen molar-refractivity contribution in [2.45, 2.75) is 59.0 Å². The van der Waals surface area contributed by atoms with Gasteiger partial charge >= 0.3 is 6.09 Å². The lowest BCUT2D eigenvalue weighted by atomic mass is 10.1. The Morgan fingerprint density at radius 3 is 2.40 bits per heavy atom. The van der Waals surface area contributed by atoms with Crippen LogP contribution < -0.4 is 10.6 Å². The van der Waals surface area contributed by atoms with Crippen LogP contribution in [0.2, 0.25) is 5.02 Å². The van der Waals surface area contributed by atoms with Crippen LogP contribution >= 0.6 is 11.6 Å². The van der Waals surface area contributed by atoms with Gasteiger partial charge in [-0.1, -0.05) is 48.0 Å². The van der Waals surface area contributed by atoms with Crippen LogP contribution in [0.1, 0.15) is 38.8 Å². The second kappa shape index (κ2) is 10.5. The van der Waals surface area contributed by atoms with Crippen LogP contribution in [0.15, 0.2) is 48.5 Å². The maximum Gasteiger partial charge on any atom is 0.408 e. The molecule has 2 aromatic carbocycles. The molecule has 0 fully saturated rings. The quantitative estimate of drug-likeness (QED) is 0.639. The summed E-state index contributed by atoms with van der Waals surface area (Å²) >= 11 is 6.05. The Morgan fingerprint density at radius 2 is 1.77 bits per heavy atom. The molecule has 0 bridgehead atoms. The predicted octanol–water partition coefficient (Wildman–Crippen LogP) is 5.09. The van der Waals surface area contributed by atoms with E-state index < -0.39 is 29.7 Å². The van der Waals surface area contributed by atoms with Gasteiger partial charge in [0.25, 0.3) is 0 Å². The molecule has 0 spiro atoms. The smallest absolute Gasteiger partial charge is 0.408 e. The molecule has 162 valence electrons. The minimum Gasteiger partial charge on any atom is -0.444 e. The van der Waals surface area contributed by atoms with Crippen LogP contribution in [-0.2, 0) is 20.9 Å². The number of hydrogen-bond donors (Lipinski definition) is 2. The Bertz CT molecular complexity index is 865. The van der Waals surface area contributed by atoms with Crippen molar-refractivity contribution in [3.8, 4) is 0 Å². The molecule has 2 amide bonds. The van der Waals surface area contributed by atoms with E-state index in [4.69, 9.17) is 21.1 Å². The highest BCUT2D eigenvalue weighted by atomic mass is 35.5. The summed E-state index contributed by atoms with van der Waals surface area (Å²) in [5, 5.41) is 5.96. The summed E-state index contributed by atoms with van der Waals surface area (Å²) in [6.07, 6.45) is -1.31. The lowest BCUT2D eigenvalue weighted by molar-refractivity contribution is -0.122. The summed E-state index contributed by atoms with van der Waals surface area (Å²) < 4.78 is 11.2. The third kappa shape index (κ3) is 7.69. The molecule has 7 heteroatoms. The first kappa shape index (κ1) is 23.7. The molecule has 0 saturated carbocycles. The number of amides is 2. The van der Waals surface area contributed by atoms with Gasteiger partial charge in [-0.05, 0) is 57.9 Å². The average molecular weight is 433 g/mol. The maximum absolute atomic E-state index is 13.0. The zero-order valence-electron chi connectivity index (χ0n) is 18.0. The summed E-state index contributed by atoms with van der Waals surface area (Å²) in [4.78, 5) is 25.4. The monoisotopic (exact) mass is 432 g/mol. The van der Waals surface area contributed by atoms with E-state index in [2.05, 4.69) is 10.6 Å². The molecule has 30 heavy (non-hydrogen) atoms. The van der Waals surface area contributed by atoms with Crippen molar-refractivity contribution < 1.29 is 19.1 Å². The Hall–Kier alpha value is -2.57. The summed E-state index contributed by atoms with van der Waals surface area (Å²) in [5.74, 6) is -0.424. The van der Waals surface area contributed by atoms with Gasteiger partial charge in [0.15, 0.2) is 0 Å². The molecule has 0 aliphatic rings. The summed E-state index contributed by atoms with van der Waals surface area (Å²) in [5.41, 5.74) is 1.69. The second-order valence-electron chi connectivity index (χ2n) is 8.07. The number of benzene rings is 2. The summed E-state index contributed by atoms with van der Waals surface area (Å²) in [7, 11) is 0. The number of carbonyl (C=O) groups is 2. The molecule has 0 heterocycles. The first-order chi connectivity index (χ1) is 14.0. The van der Waals surface area contributed by atoms with E-state index >= 15 is 0 Å². The minimum absolute atomic E-state index is 0.304. The highest BCUT2D eigenvalue weighted by molar-refractivity contribution is 6.31. The molecule has 0 unspecified atom stereocenters. The number of nitrogens with one attached hydrogen (secondary N) is 2. The molecule has 0 aliphatic carbocycles. The lowest BCUT2D eigenvalue weighted by Gasteiger charge is -2.27. The standard InChI is InChI=1S/C23H29ClN2O4/c1-15-11-12-18(24)13-19(15)25-21(27)20(26-22(28)30-23(3,4)5)16(2)29-14-17-9-7-6-8-10-17/h6-13,16,20H,14H2,1-5H3,(H,25,27)(H,26,28)/t16-,20-/m0/s1. The fraction of sp³-hybridized carbons (Fsp3) is 0.391. The van der Waals surface area contributed by atoms with E-state index in [9.17, 15) is 9.59 Å². The van der Waals surface area contributed by atoms with Crippen molar-refractivity contribution >= 4 is 29.3 Å². The van der Waals surface area contributed by atoms with E-state index in [1.807, 2.05) is 43.3 Å². The highest BCUT2D eigenvalue weighted by Crippen LogP contribution is 2.21. The van der Waals surface area contributed by atoms with Crippen molar-refractivity contribution in [1.82, 2.24) is 5.32 Å². The third-order valence-corrected chi connectivity index (χ3v) is 4.47. The number of rotatable bonds is 7. The summed E-state index contributed by atoms with van der Waals surface area (Å²) in [6.45, 7) is 9.16. The zero-order chi connectivity index (χ0) is 22.3. The Morgan fingerprint density at radius 1 is 1.10 bits per heavy atom. The van der Waals surface area contributed by atoms with Crippen LogP contribution in [0.25, 0.3) is 0 Å². The van der Waals surface area contributed by atoms with Gasteiger partial charge < -0.3 is 20.1 Å². The van der Waals surface area contributed by atoms with Crippen molar-refractivity contribution in [3.05, 3.63) is 64.7 Å². The maximum atomic E-state index is 13.0. The van der Waals surface area contributed by atoms with Gasteiger partial charge in [-0.3, -0.25) is 4.79 Å². The number of carbonyl (C=O) groups excluding carboxylic acids is 2. The molecule has 0 saturated heterocycles. The number of anilines is 1. The van der Waals surface area contributed by atoms with Crippen molar-refractivity contribution in [2.24, 2.45) is 0 Å². The number of alkyl carbamates (subject to hydrolysis) is 1. The SMILES string of the molecule is Cc1ccc(Cl)cc1NC(=O)[C@@H](NC(=O)OC(C)(C)C)[C@H](C)OCc1ccccc1. The first-order valence-corrected chi connectivity index (χ1v) is 10.1. The molecule has 0 aromatic heterocycles. The minimum atomic E-state index is -0.970. The molecule has 0 aliphatic heterocycles. The van der Waals surface area contributed by atoms with Gasteiger partial charge in [0.05, 0.1) is 12.7 Å². The third-order valence-electron chi connectivity index (χ3n) is 4.24. The topological polar surface area (TPSA) is 76.7 Å². The van der Waals surface area contributed by atoms with E-state index in [1.165, 1.54) is 0 Å². The molecular weight excluding hydrogens is 404 g/mol. The number of ether oxygens (including phenoxy) is 2. The van der Waals surface area contributed by atoms with Crippen LogP contribution in [0.4, 0.5) is 10.5 Å². The molecule has 0 radical (unpaired) electrons. The molecular formula is C23H29ClN2O4. The Kier molecular flexibility index (Phi) is 8.26. The van der Waals surface area contributed by atoms with Gasteiger partial charge in [-0.25, -0.2) is 4.79 Å². The average Bonchev–Trinajstić information content (AvgIpc) is 2.66. The Balaban J connectivity index is 2.15. The van der Waals surface area contributed by atoms with Gasteiger partial charge in [0.2, 0.25) is 5.91 Å². The van der Waals surface area contributed by atoms with Crippen molar-refractivity contribution in [2.75, 3.05) is 5.32 Å². The molecule has 2 rings (SSSR count). The number of aryl methyl sites for hydroxylation is 1. The second-order valence-corrected chi connectivity index (χ2v) is 8.51.